The Morgan fingerprint density at radius 2 is 1.85 bits per heavy atom. The number of alkyl halides is 3. The Bertz CT molecular complexity index is 654. The second-order valence-corrected chi connectivity index (χ2v) is 6.59. The monoisotopic (exact) mass is 372 g/mol. The van der Waals surface area contributed by atoms with Crippen molar-refractivity contribution in [1.29, 1.82) is 0 Å². The molecule has 144 valence electrons. The molecule has 1 fully saturated rings. The number of hydrogen-bond acceptors (Lipinski definition) is 4. The van der Waals surface area contributed by atoms with Crippen molar-refractivity contribution in [2.45, 2.75) is 39.3 Å². The number of nitrogens with zero attached hydrogens (tertiary/aromatic N) is 1. The van der Waals surface area contributed by atoms with Gasteiger partial charge >= 0.3 is 12.1 Å². The van der Waals surface area contributed by atoms with Gasteiger partial charge in [0.1, 0.15) is 0 Å². The average Bonchev–Trinajstić information content (AvgIpc) is 2.59. The van der Waals surface area contributed by atoms with Gasteiger partial charge in [-0.15, -0.1) is 0 Å². The number of esters is 1. The predicted octanol–water partition coefficient (Wildman–Crippen LogP) is 3.83. The lowest BCUT2D eigenvalue weighted by molar-refractivity contribution is -0.150. The van der Waals surface area contributed by atoms with Crippen molar-refractivity contribution in [1.82, 2.24) is 0 Å². The first kappa shape index (κ1) is 20.1. The van der Waals surface area contributed by atoms with E-state index in [4.69, 9.17) is 4.74 Å². The van der Waals surface area contributed by atoms with E-state index < -0.39 is 30.2 Å². The van der Waals surface area contributed by atoms with Crippen LogP contribution in [0.15, 0.2) is 18.2 Å². The summed E-state index contributed by atoms with van der Waals surface area (Å²) < 4.78 is 43.9. The number of carbonyl (C=O) groups excluding carboxylic acids is 2. The first-order valence-corrected chi connectivity index (χ1v) is 8.61. The van der Waals surface area contributed by atoms with Crippen LogP contribution in [0.25, 0.3) is 0 Å². The highest BCUT2D eigenvalue weighted by Crippen LogP contribution is 2.36. The third-order valence-electron chi connectivity index (χ3n) is 4.11. The van der Waals surface area contributed by atoms with Crippen LogP contribution in [-0.2, 0) is 20.5 Å². The number of anilines is 2. The van der Waals surface area contributed by atoms with E-state index in [9.17, 15) is 22.8 Å². The number of rotatable bonds is 5. The van der Waals surface area contributed by atoms with Crippen molar-refractivity contribution in [2.24, 2.45) is 5.92 Å². The van der Waals surface area contributed by atoms with Crippen molar-refractivity contribution in [3.8, 4) is 0 Å². The summed E-state index contributed by atoms with van der Waals surface area (Å²) in [7, 11) is 0. The summed E-state index contributed by atoms with van der Waals surface area (Å²) in [5, 5.41) is 2.46. The topological polar surface area (TPSA) is 58.6 Å². The molecule has 1 aromatic rings. The molecule has 2 rings (SSSR count). The van der Waals surface area contributed by atoms with Crippen LogP contribution in [0.5, 0.6) is 0 Å². The molecule has 0 aliphatic carbocycles. The highest BCUT2D eigenvalue weighted by atomic mass is 19.4. The van der Waals surface area contributed by atoms with E-state index in [1.165, 1.54) is 6.07 Å². The van der Waals surface area contributed by atoms with Gasteiger partial charge in [0.25, 0.3) is 5.91 Å². The van der Waals surface area contributed by atoms with Crippen LogP contribution >= 0.6 is 0 Å². The predicted molar refractivity (Wildman–Crippen MR) is 91.9 cm³/mol. The molecular weight excluding hydrogens is 349 g/mol. The molecule has 0 saturated carbocycles. The summed E-state index contributed by atoms with van der Waals surface area (Å²) in [5.74, 6) is -1.60. The summed E-state index contributed by atoms with van der Waals surface area (Å²) in [6, 6.07) is 3.31. The van der Waals surface area contributed by atoms with Crippen molar-refractivity contribution in [3.05, 3.63) is 23.8 Å². The number of carbonyl (C=O) groups is 2. The van der Waals surface area contributed by atoms with Gasteiger partial charge in [0.05, 0.1) is 22.9 Å². The minimum Gasteiger partial charge on any atom is -0.455 e. The fraction of sp³-hybridized carbons (Fsp3) is 0.556. The molecule has 1 amide bonds. The number of benzene rings is 1. The fourth-order valence-corrected chi connectivity index (χ4v) is 2.71. The minimum absolute atomic E-state index is 0.0762. The molecule has 1 aliphatic rings. The second-order valence-electron chi connectivity index (χ2n) is 6.59. The van der Waals surface area contributed by atoms with Crippen LogP contribution in [0.2, 0.25) is 0 Å². The lowest BCUT2D eigenvalue weighted by Crippen LogP contribution is -2.31. The maximum atomic E-state index is 13.0. The fourth-order valence-electron chi connectivity index (χ4n) is 2.71. The normalized spacial score (nSPS) is 15.1. The van der Waals surface area contributed by atoms with Crippen LogP contribution in [0, 0.1) is 5.92 Å². The van der Waals surface area contributed by atoms with Crippen LogP contribution in [-0.4, -0.2) is 31.6 Å². The summed E-state index contributed by atoms with van der Waals surface area (Å²) in [6.07, 6.45) is -1.55. The Morgan fingerprint density at radius 3 is 2.42 bits per heavy atom. The van der Waals surface area contributed by atoms with Crippen LogP contribution < -0.4 is 10.2 Å². The number of amides is 1. The first-order chi connectivity index (χ1) is 12.2. The molecule has 5 nitrogen and oxygen atoms in total. The summed E-state index contributed by atoms with van der Waals surface area (Å²) in [4.78, 5) is 25.4. The van der Waals surface area contributed by atoms with Gasteiger partial charge in [-0.3, -0.25) is 9.59 Å². The molecule has 1 aliphatic heterocycles. The zero-order chi connectivity index (χ0) is 19.3. The van der Waals surface area contributed by atoms with E-state index in [0.717, 1.165) is 44.5 Å². The van der Waals surface area contributed by atoms with Crippen LogP contribution in [0.1, 0.15) is 38.7 Å². The molecule has 0 spiro atoms. The molecule has 1 N–H and O–H groups in total. The second kappa shape index (κ2) is 8.42. The highest BCUT2D eigenvalue weighted by Gasteiger charge is 2.32. The molecule has 0 bridgehead atoms. The van der Waals surface area contributed by atoms with E-state index in [0.29, 0.717) is 5.69 Å². The van der Waals surface area contributed by atoms with E-state index in [-0.39, 0.29) is 11.6 Å². The minimum atomic E-state index is -4.51. The molecule has 0 radical (unpaired) electrons. The van der Waals surface area contributed by atoms with Crippen LogP contribution in [0.3, 0.4) is 0 Å². The third-order valence-corrected chi connectivity index (χ3v) is 4.11. The molecule has 1 aromatic carbocycles. The van der Waals surface area contributed by atoms with Crippen LogP contribution in [0.4, 0.5) is 24.5 Å². The molecule has 26 heavy (non-hydrogen) atoms. The smallest absolute Gasteiger partial charge is 0.416 e. The summed E-state index contributed by atoms with van der Waals surface area (Å²) >= 11 is 0. The zero-order valence-corrected chi connectivity index (χ0v) is 14.9. The number of hydrogen-bond donors (Lipinski definition) is 1. The van der Waals surface area contributed by atoms with Gasteiger partial charge in [-0.05, 0) is 37.5 Å². The maximum absolute atomic E-state index is 13.0. The quantitative estimate of drug-likeness (QED) is 0.798. The SMILES string of the molecule is CC(C)C(=O)OCC(=O)Nc1cc(C(F)(F)F)ccc1N1CCCCC1. The van der Waals surface area contributed by atoms with Gasteiger partial charge in [-0.25, -0.2) is 0 Å². The standard InChI is InChI=1S/C18H23F3N2O3/c1-12(2)17(25)26-11-16(24)22-14-10-13(18(19,20)21)6-7-15(14)23-8-4-3-5-9-23/h6-7,10,12H,3-5,8-9,11H2,1-2H3,(H,22,24). The average molecular weight is 372 g/mol. The third kappa shape index (κ3) is 5.37. The molecule has 0 atom stereocenters. The number of piperidine rings is 1. The Morgan fingerprint density at radius 1 is 1.19 bits per heavy atom. The first-order valence-electron chi connectivity index (χ1n) is 8.61. The van der Waals surface area contributed by atoms with Gasteiger partial charge in [-0.2, -0.15) is 13.2 Å². The van der Waals surface area contributed by atoms with Crippen molar-refractivity contribution < 1.29 is 27.5 Å². The molecular formula is C18H23F3N2O3. The Labute approximate surface area is 150 Å². The van der Waals surface area contributed by atoms with Gasteiger partial charge in [0, 0.05) is 13.1 Å². The highest BCUT2D eigenvalue weighted by molar-refractivity contribution is 5.96. The lowest BCUT2D eigenvalue weighted by atomic mass is 10.1. The van der Waals surface area contributed by atoms with Crippen molar-refractivity contribution in [3.63, 3.8) is 0 Å². The van der Waals surface area contributed by atoms with E-state index in [1.807, 2.05) is 4.90 Å². The molecule has 8 heteroatoms. The Hall–Kier alpha value is -2.25. The van der Waals surface area contributed by atoms with Gasteiger partial charge < -0.3 is 15.0 Å². The van der Waals surface area contributed by atoms with E-state index >= 15 is 0 Å². The number of ether oxygens (including phenoxy) is 1. The van der Waals surface area contributed by atoms with E-state index in [2.05, 4.69) is 5.32 Å². The van der Waals surface area contributed by atoms with Gasteiger partial charge in [0.15, 0.2) is 6.61 Å². The van der Waals surface area contributed by atoms with Gasteiger partial charge in [0.2, 0.25) is 0 Å². The summed E-state index contributed by atoms with van der Waals surface area (Å²) in [5.41, 5.74) is -0.221. The van der Waals surface area contributed by atoms with Crippen molar-refractivity contribution in [2.75, 3.05) is 29.9 Å². The molecule has 0 aromatic heterocycles. The molecule has 1 heterocycles. The maximum Gasteiger partial charge on any atom is 0.416 e. The van der Waals surface area contributed by atoms with Crippen molar-refractivity contribution >= 4 is 23.3 Å². The number of nitrogens with one attached hydrogen (secondary N) is 1. The Kier molecular flexibility index (Phi) is 6.50. The lowest BCUT2D eigenvalue weighted by Gasteiger charge is -2.31. The van der Waals surface area contributed by atoms with Gasteiger partial charge in [-0.1, -0.05) is 13.8 Å². The largest absolute Gasteiger partial charge is 0.455 e. The van der Waals surface area contributed by atoms with E-state index in [1.54, 1.807) is 13.8 Å². The molecule has 1 saturated heterocycles. The Balaban J connectivity index is 2.19. The summed E-state index contributed by atoms with van der Waals surface area (Å²) in [6.45, 7) is 4.16. The zero-order valence-electron chi connectivity index (χ0n) is 14.9. The number of halogens is 3. The molecule has 0 unspecified atom stereocenters.